The molecule has 0 amide bonds. The molecule has 0 unspecified atom stereocenters. The van der Waals surface area contributed by atoms with Crippen molar-refractivity contribution in [2.45, 2.75) is 19.4 Å². The van der Waals surface area contributed by atoms with Crippen molar-refractivity contribution in [1.29, 1.82) is 0 Å². The van der Waals surface area contributed by atoms with Crippen LogP contribution in [-0.2, 0) is 6.54 Å². The molecule has 2 N–H and O–H groups in total. The number of pyridine rings is 1. The molecule has 3 heterocycles. The van der Waals surface area contributed by atoms with Gasteiger partial charge in [0, 0.05) is 36.9 Å². The van der Waals surface area contributed by atoms with Crippen LogP contribution in [0.2, 0.25) is 0 Å². The van der Waals surface area contributed by atoms with E-state index in [1.54, 1.807) is 12.4 Å². The quantitative estimate of drug-likeness (QED) is 0.707. The lowest BCUT2D eigenvalue weighted by Crippen LogP contribution is -2.17. The molecule has 132 valence electrons. The zero-order chi connectivity index (χ0) is 17.6. The fraction of sp³-hybridized carbons (Fsp3) is 0.250. The summed E-state index contributed by atoms with van der Waals surface area (Å²) in [5.74, 6) is 1.34. The maximum atomic E-state index is 4.51. The smallest absolute Gasteiger partial charge is 0.229 e. The highest BCUT2D eigenvalue weighted by Crippen LogP contribution is 2.23. The van der Waals surface area contributed by atoms with Crippen molar-refractivity contribution in [2.75, 3.05) is 28.6 Å². The third-order valence-electron chi connectivity index (χ3n) is 4.43. The first-order valence-electron chi connectivity index (χ1n) is 8.96. The van der Waals surface area contributed by atoms with Gasteiger partial charge in [0.2, 0.25) is 5.95 Å². The SMILES string of the molecule is c1ccc(CNc2ccnc(Nc3ccc(N4CCCC4)cc3)n2)nc1. The van der Waals surface area contributed by atoms with Crippen molar-refractivity contribution >= 4 is 23.1 Å². The summed E-state index contributed by atoms with van der Waals surface area (Å²) in [6.07, 6.45) is 6.10. The molecule has 0 spiro atoms. The van der Waals surface area contributed by atoms with E-state index >= 15 is 0 Å². The summed E-state index contributed by atoms with van der Waals surface area (Å²) in [5, 5.41) is 6.54. The second-order valence-corrected chi connectivity index (χ2v) is 6.31. The number of nitrogens with zero attached hydrogens (tertiary/aromatic N) is 4. The topological polar surface area (TPSA) is 66.0 Å². The predicted octanol–water partition coefficient (Wildman–Crippen LogP) is 3.83. The molecule has 3 aromatic rings. The van der Waals surface area contributed by atoms with Crippen LogP contribution < -0.4 is 15.5 Å². The van der Waals surface area contributed by atoms with E-state index in [0.717, 1.165) is 30.3 Å². The maximum Gasteiger partial charge on any atom is 0.229 e. The Morgan fingerprint density at radius 2 is 1.73 bits per heavy atom. The Morgan fingerprint density at radius 1 is 0.885 bits per heavy atom. The predicted molar refractivity (Wildman–Crippen MR) is 105 cm³/mol. The Morgan fingerprint density at radius 3 is 2.50 bits per heavy atom. The van der Waals surface area contributed by atoms with Gasteiger partial charge in [0.25, 0.3) is 0 Å². The lowest BCUT2D eigenvalue weighted by atomic mass is 10.2. The van der Waals surface area contributed by atoms with E-state index in [2.05, 4.69) is 54.8 Å². The van der Waals surface area contributed by atoms with E-state index in [1.807, 2.05) is 24.3 Å². The molecule has 1 saturated heterocycles. The molecule has 0 atom stereocenters. The summed E-state index contributed by atoms with van der Waals surface area (Å²) in [6.45, 7) is 2.93. The van der Waals surface area contributed by atoms with Gasteiger partial charge in [-0.05, 0) is 55.3 Å². The van der Waals surface area contributed by atoms with Crippen LogP contribution in [-0.4, -0.2) is 28.0 Å². The highest BCUT2D eigenvalue weighted by Gasteiger charge is 2.11. The molecule has 1 aliphatic rings. The summed E-state index contributed by atoms with van der Waals surface area (Å²) in [7, 11) is 0. The molecule has 26 heavy (non-hydrogen) atoms. The number of nitrogens with one attached hydrogen (secondary N) is 2. The molecule has 4 rings (SSSR count). The Kier molecular flexibility index (Phi) is 4.91. The Bertz CT molecular complexity index is 828. The van der Waals surface area contributed by atoms with Gasteiger partial charge in [-0.2, -0.15) is 4.98 Å². The average Bonchev–Trinajstić information content (AvgIpc) is 3.23. The minimum Gasteiger partial charge on any atom is -0.372 e. The van der Waals surface area contributed by atoms with Crippen LogP contribution in [0.5, 0.6) is 0 Å². The largest absolute Gasteiger partial charge is 0.372 e. The molecule has 2 aromatic heterocycles. The molecule has 0 radical (unpaired) electrons. The fourth-order valence-corrected chi connectivity index (χ4v) is 3.06. The van der Waals surface area contributed by atoms with Gasteiger partial charge in [-0.15, -0.1) is 0 Å². The number of benzene rings is 1. The average molecular weight is 346 g/mol. The van der Waals surface area contributed by atoms with Crippen molar-refractivity contribution in [1.82, 2.24) is 15.0 Å². The summed E-state index contributed by atoms with van der Waals surface area (Å²) >= 11 is 0. The number of hydrogen-bond donors (Lipinski definition) is 2. The lowest BCUT2D eigenvalue weighted by Gasteiger charge is -2.17. The highest BCUT2D eigenvalue weighted by molar-refractivity contribution is 5.60. The van der Waals surface area contributed by atoms with E-state index in [-0.39, 0.29) is 0 Å². The molecule has 0 saturated carbocycles. The minimum atomic E-state index is 0.574. The number of anilines is 4. The van der Waals surface area contributed by atoms with Gasteiger partial charge in [-0.1, -0.05) is 6.07 Å². The van der Waals surface area contributed by atoms with Crippen LogP contribution in [0.1, 0.15) is 18.5 Å². The standard InChI is InChI=1S/C20H22N6/c1-2-11-21-17(5-1)15-23-19-10-12-22-20(25-19)24-16-6-8-18(9-7-16)26-13-3-4-14-26/h1-2,5-12H,3-4,13-15H2,(H2,22,23,24,25). The number of aromatic nitrogens is 3. The normalized spacial score (nSPS) is 13.6. The third kappa shape index (κ3) is 4.08. The van der Waals surface area contributed by atoms with Crippen LogP contribution in [0.25, 0.3) is 0 Å². The molecule has 0 aliphatic carbocycles. The van der Waals surface area contributed by atoms with Crippen molar-refractivity contribution in [3.05, 3.63) is 66.6 Å². The third-order valence-corrected chi connectivity index (χ3v) is 4.43. The van der Waals surface area contributed by atoms with Gasteiger partial charge in [0.05, 0.1) is 12.2 Å². The van der Waals surface area contributed by atoms with Crippen LogP contribution in [0.15, 0.2) is 60.9 Å². The van der Waals surface area contributed by atoms with E-state index in [4.69, 9.17) is 0 Å². The van der Waals surface area contributed by atoms with Crippen molar-refractivity contribution in [3.63, 3.8) is 0 Å². The zero-order valence-corrected chi connectivity index (χ0v) is 14.6. The van der Waals surface area contributed by atoms with E-state index in [1.165, 1.54) is 18.5 Å². The van der Waals surface area contributed by atoms with Crippen molar-refractivity contribution < 1.29 is 0 Å². The Labute approximate surface area is 153 Å². The number of hydrogen-bond acceptors (Lipinski definition) is 6. The van der Waals surface area contributed by atoms with Gasteiger partial charge in [-0.3, -0.25) is 4.98 Å². The van der Waals surface area contributed by atoms with Gasteiger partial charge in [0.15, 0.2) is 0 Å². The first kappa shape index (κ1) is 16.3. The highest BCUT2D eigenvalue weighted by atomic mass is 15.2. The monoisotopic (exact) mass is 346 g/mol. The molecule has 0 bridgehead atoms. The van der Waals surface area contributed by atoms with Crippen LogP contribution in [0.4, 0.5) is 23.1 Å². The van der Waals surface area contributed by atoms with Gasteiger partial charge in [0.1, 0.15) is 5.82 Å². The fourth-order valence-electron chi connectivity index (χ4n) is 3.06. The number of rotatable bonds is 6. The molecule has 1 aliphatic heterocycles. The van der Waals surface area contributed by atoms with E-state index in [0.29, 0.717) is 12.5 Å². The molecular weight excluding hydrogens is 324 g/mol. The molecule has 6 nitrogen and oxygen atoms in total. The Balaban J connectivity index is 1.38. The minimum absolute atomic E-state index is 0.574. The maximum absolute atomic E-state index is 4.51. The lowest BCUT2D eigenvalue weighted by molar-refractivity contribution is 0.949. The van der Waals surface area contributed by atoms with Gasteiger partial charge >= 0.3 is 0 Å². The second kappa shape index (κ2) is 7.82. The van der Waals surface area contributed by atoms with E-state index < -0.39 is 0 Å². The molecule has 6 heteroatoms. The van der Waals surface area contributed by atoms with Crippen LogP contribution >= 0.6 is 0 Å². The first-order valence-corrected chi connectivity index (χ1v) is 8.96. The summed E-state index contributed by atoms with van der Waals surface area (Å²) in [6, 6.07) is 16.2. The van der Waals surface area contributed by atoms with Crippen LogP contribution in [0.3, 0.4) is 0 Å². The molecule has 1 aromatic carbocycles. The summed E-state index contributed by atoms with van der Waals surface area (Å²) < 4.78 is 0. The van der Waals surface area contributed by atoms with E-state index in [9.17, 15) is 0 Å². The molecular formula is C20H22N6. The van der Waals surface area contributed by atoms with Gasteiger partial charge < -0.3 is 15.5 Å². The second-order valence-electron chi connectivity index (χ2n) is 6.31. The molecule has 1 fully saturated rings. The first-order chi connectivity index (χ1) is 12.9. The van der Waals surface area contributed by atoms with Crippen LogP contribution in [0, 0.1) is 0 Å². The Hall–Kier alpha value is -3.15. The van der Waals surface area contributed by atoms with Crippen molar-refractivity contribution in [3.8, 4) is 0 Å². The van der Waals surface area contributed by atoms with Crippen molar-refractivity contribution in [2.24, 2.45) is 0 Å². The summed E-state index contributed by atoms with van der Waals surface area (Å²) in [5.41, 5.74) is 3.23. The zero-order valence-electron chi connectivity index (χ0n) is 14.6. The summed E-state index contributed by atoms with van der Waals surface area (Å²) in [4.78, 5) is 15.5. The van der Waals surface area contributed by atoms with Gasteiger partial charge in [-0.25, -0.2) is 4.98 Å².